The normalized spacial score (nSPS) is 18.2. The van der Waals surface area contributed by atoms with E-state index in [0.29, 0.717) is 34.0 Å². The van der Waals surface area contributed by atoms with Crippen molar-refractivity contribution >= 4 is 52.0 Å². The number of nitrogens with one attached hydrogen (secondary N) is 2. The Balaban J connectivity index is 1.45. The van der Waals surface area contributed by atoms with Gasteiger partial charge in [0.1, 0.15) is 35.6 Å². The van der Waals surface area contributed by atoms with Crippen LogP contribution in [0.1, 0.15) is 58.9 Å². The molecular formula is C31H35ClFN5O6. The zero-order chi connectivity index (χ0) is 31.8. The number of anilines is 2. The summed E-state index contributed by atoms with van der Waals surface area (Å²) in [6.45, 7) is 8.96. The minimum Gasteiger partial charge on any atom is -0.474 e. The summed E-state index contributed by atoms with van der Waals surface area (Å²) in [5, 5.41) is 6.17. The number of pyridine rings is 2. The Morgan fingerprint density at radius 3 is 2.59 bits per heavy atom. The van der Waals surface area contributed by atoms with Crippen LogP contribution in [-0.2, 0) is 14.3 Å². The summed E-state index contributed by atoms with van der Waals surface area (Å²) in [6.07, 6.45) is 4.27. The van der Waals surface area contributed by atoms with Gasteiger partial charge >= 0.3 is 12.2 Å². The van der Waals surface area contributed by atoms with Crippen LogP contribution in [0.3, 0.4) is 0 Å². The number of hydrogen-bond donors (Lipinski definition) is 2. The van der Waals surface area contributed by atoms with E-state index in [2.05, 4.69) is 20.6 Å². The molecule has 1 aromatic carbocycles. The van der Waals surface area contributed by atoms with Crippen molar-refractivity contribution < 1.29 is 33.0 Å². The van der Waals surface area contributed by atoms with E-state index in [1.54, 1.807) is 39.8 Å². The average molecular weight is 628 g/mol. The molecule has 1 fully saturated rings. The molecule has 11 nitrogen and oxygen atoms in total. The van der Waals surface area contributed by atoms with E-state index in [1.165, 1.54) is 24.2 Å². The smallest absolute Gasteiger partial charge is 0.415 e. The van der Waals surface area contributed by atoms with Crippen LogP contribution in [0.25, 0.3) is 21.9 Å². The van der Waals surface area contributed by atoms with Crippen LogP contribution < -0.4 is 20.3 Å². The Kier molecular flexibility index (Phi) is 8.83. The van der Waals surface area contributed by atoms with E-state index in [1.807, 2.05) is 0 Å². The third-order valence-electron chi connectivity index (χ3n) is 7.48. The van der Waals surface area contributed by atoms with Gasteiger partial charge in [0, 0.05) is 35.8 Å². The number of amides is 3. The molecule has 1 saturated carbocycles. The highest BCUT2D eigenvalue weighted by atomic mass is 35.5. The molecule has 0 radical (unpaired) electrons. The SMILES string of the molecule is CC(=O)N[C@@H]1CCCC[C@H]1OC(=O)Nc1cc2cc(-c3cnc4c(c3C)N(C(=O)OC(C)(C)C)CCO4)c(F)c(Cl)c2cn1. The van der Waals surface area contributed by atoms with Crippen molar-refractivity contribution in [2.75, 3.05) is 23.4 Å². The Bertz CT molecular complexity index is 1630. The number of aromatic nitrogens is 2. The Hall–Kier alpha value is -4.19. The van der Waals surface area contributed by atoms with Gasteiger partial charge in [0.25, 0.3) is 0 Å². The summed E-state index contributed by atoms with van der Waals surface area (Å²) >= 11 is 6.48. The number of fused-ring (bicyclic) bond motifs is 2. The van der Waals surface area contributed by atoms with Crippen LogP contribution in [0.15, 0.2) is 24.5 Å². The lowest BCUT2D eigenvalue weighted by Gasteiger charge is -2.32. The van der Waals surface area contributed by atoms with Gasteiger partial charge in [0.05, 0.1) is 17.6 Å². The monoisotopic (exact) mass is 627 g/mol. The first-order valence-corrected chi connectivity index (χ1v) is 14.9. The lowest BCUT2D eigenvalue weighted by molar-refractivity contribution is -0.120. The van der Waals surface area contributed by atoms with Crippen molar-refractivity contribution in [2.24, 2.45) is 0 Å². The number of carbonyl (C=O) groups excluding carboxylic acids is 3. The van der Waals surface area contributed by atoms with Gasteiger partial charge in [0.2, 0.25) is 11.8 Å². The Morgan fingerprint density at radius 1 is 1.11 bits per heavy atom. The highest BCUT2D eigenvalue weighted by Crippen LogP contribution is 2.42. The number of carbonyl (C=O) groups is 3. The van der Waals surface area contributed by atoms with Crippen molar-refractivity contribution in [1.29, 1.82) is 0 Å². The third kappa shape index (κ3) is 6.64. The molecule has 0 unspecified atom stereocenters. The molecule has 0 bridgehead atoms. The highest BCUT2D eigenvalue weighted by molar-refractivity contribution is 6.36. The number of benzene rings is 1. The standard InChI is InChI=1S/C31H35ClFN5O6/c1-16-20(14-35-28-27(16)38(10-11-42-28)30(41)44-31(3,4)5)19-12-18-13-24(34-15-21(18)25(32)26(19)33)37-29(40)43-23-9-7-6-8-22(23)36-17(2)39/h12-15,22-23H,6-11H2,1-5H3,(H,36,39)(H,34,37,40)/t22-,23-/m1/s1. The van der Waals surface area contributed by atoms with Gasteiger partial charge < -0.3 is 19.5 Å². The van der Waals surface area contributed by atoms with E-state index in [9.17, 15) is 14.4 Å². The predicted octanol–water partition coefficient (Wildman–Crippen LogP) is 6.53. The van der Waals surface area contributed by atoms with E-state index in [0.717, 1.165) is 19.3 Å². The number of ether oxygens (including phenoxy) is 3. The molecule has 1 aliphatic heterocycles. The summed E-state index contributed by atoms with van der Waals surface area (Å²) in [5.74, 6) is -0.458. The molecule has 2 aliphatic rings. The van der Waals surface area contributed by atoms with Gasteiger partial charge in [-0.15, -0.1) is 0 Å². The zero-order valence-electron chi connectivity index (χ0n) is 25.3. The van der Waals surface area contributed by atoms with Crippen molar-refractivity contribution in [3.63, 3.8) is 0 Å². The number of hydrogen-bond acceptors (Lipinski definition) is 8. The minimum atomic E-state index is -0.720. The summed E-state index contributed by atoms with van der Waals surface area (Å²) in [6, 6.07) is 2.89. The molecule has 1 aliphatic carbocycles. The summed E-state index contributed by atoms with van der Waals surface area (Å²) in [4.78, 5) is 47.4. The average Bonchev–Trinajstić information content (AvgIpc) is 2.95. The van der Waals surface area contributed by atoms with Gasteiger partial charge in [-0.05, 0) is 70.0 Å². The van der Waals surface area contributed by atoms with E-state index in [4.69, 9.17) is 25.8 Å². The Labute approximate surface area is 259 Å². The molecule has 2 atom stereocenters. The van der Waals surface area contributed by atoms with Crippen LogP contribution in [-0.4, -0.2) is 59.0 Å². The molecular weight excluding hydrogens is 593 g/mol. The van der Waals surface area contributed by atoms with Crippen molar-refractivity contribution in [1.82, 2.24) is 15.3 Å². The van der Waals surface area contributed by atoms with Crippen LogP contribution in [0.4, 0.5) is 25.5 Å². The van der Waals surface area contributed by atoms with Crippen LogP contribution >= 0.6 is 11.6 Å². The van der Waals surface area contributed by atoms with Gasteiger partial charge in [-0.25, -0.2) is 23.9 Å². The zero-order valence-corrected chi connectivity index (χ0v) is 26.0. The van der Waals surface area contributed by atoms with Crippen LogP contribution in [0.2, 0.25) is 5.02 Å². The van der Waals surface area contributed by atoms with E-state index < -0.39 is 29.7 Å². The molecule has 44 heavy (non-hydrogen) atoms. The second kappa shape index (κ2) is 12.4. The highest BCUT2D eigenvalue weighted by Gasteiger charge is 2.33. The van der Waals surface area contributed by atoms with E-state index >= 15 is 4.39 Å². The van der Waals surface area contributed by atoms with Gasteiger partial charge in [-0.3, -0.25) is 15.0 Å². The maximum Gasteiger partial charge on any atom is 0.415 e. The number of nitrogens with zero attached hydrogens (tertiary/aromatic N) is 3. The third-order valence-corrected chi connectivity index (χ3v) is 7.85. The molecule has 3 amide bonds. The lowest BCUT2D eigenvalue weighted by atomic mass is 9.92. The summed E-state index contributed by atoms with van der Waals surface area (Å²) < 4.78 is 32.7. The topological polar surface area (TPSA) is 132 Å². The molecule has 0 spiro atoms. The maximum absolute atomic E-state index is 15.8. The predicted molar refractivity (Wildman–Crippen MR) is 164 cm³/mol. The molecule has 13 heteroatoms. The fourth-order valence-electron chi connectivity index (χ4n) is 5.54. The van der Waals surface area contributed by atoms with Gasteiger partial charge in [0.15, 0.2) is 0 Å². The molecule has 0 saturated heterocycles. The molecule has 3 heterocycles. The first-order chi connectivity index (χ1) is 20.8. The summed E-state index contributed by atoms with van der Waals surface area (Å²) in [7, 11) is 0. The summed E-state index contributed by atoms with van der Waals surface area (Å²) in [5.41, 5.74) is 0.759. The quantitative estimate of drug-likeness (QED) is 0.334. The second-order valence-electron chi connectivity index (χ2n) is 11.9. The lowest BCUT2D eigenvalue weighted by Crippen LogP contribution is -2.46. The van der Waals surface area contributed by atoms with Crippen molar-refractivity contribution in [2.45, 2.75) is 78.0 Å². The minimum absolute atomic E-state index is 0.144. The van der Waals surface area contributed by atoms with E-state index in [-0.39, 0.29) is 47.4 Å². The number of halogens is 2. The first-order valence-electron chi connectivity index (χ1n) is 14.5. The first kappa shape index (κ1) is 31.2. The largest absolute Gasteiger partial charge is 0.474 e. The fraction of sp³-hybridized carbons (Fsp3) is 0.452. The van der Waals surface area contributed by atoms with Crippen molar-refractivity contribution in [3.8, 4) is 17.0 Å². The van der Waals surface area contributed by atoms with Gasteiger partial charge in [-0.2, -0.15) is 0 Å². The Morgan fingerprint density at radius 2 is 1.86 bits per heavy atom. The second-order valence-corrected chi connectivity index (χ2v) is 12.3. The maximum atomic E-state index is 15.8. The number of rotatable bonds is 4. The molecule has 234 valence electrons. The molecule has 2 N–H and O–H groups in total. The molecule has 2 aromatic heterocycles. The molecule has 5 rings (SSSR count). The van der Waals surface area contributed by atoms with Crippen LogP contribution in [0, 0.1) is 12.7 Å². The van der Waals surface area contributed by atoms with Crippen molar-refractivity contribution in [3.05, 3.63) is 40.9 Å². The van der Waals surface area contributed by atoms with Gasteiger partial charge in [-0.1, -0.05) is 18.0 Å². The fourth-order valence-corrected chi connectivity index (χ4v) is 5.80. The molecule has 3 aromatic rings. The van der Waals surface area contributed by atoms with Crippen LogP contribution in [0.5, 0.6) is 5.88 Å².